The molecule has 0 aliphatic rings. The molecule has 0 N–H and O–H groups in total. The second-order valence-corrected chi connectivity index (χ2v) is 21.1. The predicted octanol–water partition coefficient (Wildman–Crippen LogP) is 11.7. The van der Waals surface area contributed by atoms with Gasteiger partial charge in [0.15, 0.2) is 17.4 Å². The van der Waals surface area contributed by atoms with Gasteiger partial charge in [0.05, 0.1) is 6.04 Å². The van der Waals surface area contributed by atoms with Crippen LogP contribution in [-0.4, -0.2) is 26.8 Å². The van der Waals surface area contributed by atoms with E-state index in [4.69, 9.17) is 4.98 Å². The van der Waals surface area contributed by atoms with E-state index in [0.717, 1.165) is 38.6 Å². The fourth-order valence-electron chi connectivity index (χ4n) is 9.79. The van der Waals surface area contributed by atoms with Crippen LogP contribution >= 0.6 is 0 Å². The number of hydrogen-bond donors (Lipinski definition) is 0. The van der Waals surface area contributed by atoms with Gasteiger partial charge < -0.3 is 4.57 Å². The zero-order chi connectivity index (χ0) is 42.5. The van der Waals surface area contributed by atoms with Crippen LogP contribution in [0.1, 0.15) is 70.5 Å². The van der Waals surface area contributed by atoms with E-state index < -0.39 is 8.07 Å². The number of rotatable bonds is 10. The Balaban J connectivity index is 0.00000504. The molecule has 0 saturated carbocycles. The van der Waals surface area contributed by atoms with Gasteiger partial charge in [-0.1, -0.05) is 130 Å². The number of hydrogen-bond acceptors (Lipinski definition) is 1. The van der Waals surface area contributed by atoms with Gasteiger partial charge in [-0.25, -0.2) is 14.1 Å². The summed E-state index contributed by atoms with van der Waals surface area (Å²) in [6.45, 7) is 13.6. The van der Waals surface area contributed by atoms with E-state index in [1.54, 1.807) is 0 Å². The monoisotopic (exact) mass is 1010 g/mol. The quantitative estimate of drug-likeness (QED) is 0.0762. The summed E-state index contributed by atoms with van der Waals surface area (Å²) in [4.78, 5) is 5.15. The average Bonchev–Trinajstić information content (AvgIpc) is 3.86. The summed E-state index contributed by atoms with van der Waals surface area (Å²) < 4.78 is 7.00. The van der Waals surface area contributed by atoms with Crippen LogP contribution in [0, 0.1) is 12.1 Å². The summed E-state index contributed by atoms with van der Waals surface area (Å²) in [5.74, 6) is 1.63. The van der Waals surface area contributed by atoms with E-state index >= 15 is 0 Å². The molecule has 0 amide bonds. The van der Waals surface area contributed by atoms with Crippen LogP contribution in [0.5, 0.6) is 0 Å². The van der Waals surface area contributed by atoms with Gasteiger partial charge in [-0.3, -0.25) is 0 Å². The Labute approximate surface area is 386 Å². The summed E-state index contributed by atoms with van der Waals surface area (Å²) in [5, 5.41) is 7.23. The molecule has 0 atom stereocenters. The van der Waals surface area contributed by atoms with Crippen LogP contribution in [0.4, 0.5) is 0 Å². The van der Waals surface area contributed by atoms with Gasteiger partial charge in [0.25, 0.3) is 0 Å². The van der Waals surface area contributed by atoms with Crippen molar-refractivity contribution in [2.24, 2.45) is 0 Å². The first kappa shape index (κ1) is 42.2. The van der Waals surface area contributed by atoms with Crippen molar-refractivity contribution in [2.75, 3.05) is 0 Å². The summed E-state index contributed by atoms with van der Waals surface area (Å²) in [6, 6.07) is 70.9. The third-order valence-corrected chi connectivity index (χ3v) is 17.3. The number of benzene rings is 7. The fourth-order valence-corrected chi connectivity index (χ4v) is 14.3. The molecule has 0 unspecified atom stereocenters. The van der Waals surface area contributed by atoms with Crippen molar-refractivity contribution in [3.63, 3.8) is 0 Å². The minimum atomic E-state index is -3.11. The minimum Gasteiger partial charge on any atom is -0.319 e. The molecule has 4 nitrogen and oxygen atoms in total. The molecule has 314 valence electrons. The van der Waals surface area contributed by atoms with E-state index in [0.29, 0.717) is 17.9 Å². The maximum Gasteiger partial charge on any atom is 0.188 e. The molecule has 10 aromatic rings. The number of fused-ring (bicyclic) bond motifs is 4. The van der Waals surface area contributed by atoms with Gasteiger partial charge in [-0.05, 0) is 94.0 Å². The predicted molar refractivity (Wildman–Crippen MR) is 263 cm³/mol. The van der Waals surface area contributed by atoms with Crippen LogP contribution in [0.25, 0.3) is 55.5 Å². The largest absolute Gasteiger partial charge is 0.319 e. The molecule has 0 aliphatic heterocycles. The SMILES string of the molecule is CC(C)c1cccc(C(C)C)c1-c1ccnc(-n2c3[c-]c([Si](c4[c-]c(-n5[cH+]n(C(C)C)c6ccccc65)ccc4)(c4ccccc4)c4ccccc4)ccc3c3ccccc32)c1.[Pt]. The molecule has 3 heterocycles. The maximum atomic E-state index is 5.15. The Morgan fingerprint density at radius 2 is 1.13 bits per heavy atom. The Kier molecular flexibility index (Phi) is 11.5. The molecule has 0 bridgehead atoms. The fraction of sp³-hybridized carbons (Fsp3) is 0.158. The first-order valence-corrected chi connectivity index (χ1v) is 24.0. The molecule has 7 aromatic carbocycles. The number of para-hydroxylation sites is 3. The molecule has 0 saturated heterocycles. The Morgan fingerprint density at radius 3 is 1.78 bits per heavy atom. The standard InChI is InChI=1S/C57H51N4Si.Pt/c1-39(2)48-26-18-27-49(40(3)4)57(48)42-33-34-58-56(35-42)61-52-28-14-13-25-50(52)51-32-31-47(37-55(51)61)62(44-20-9-7-10-21-44,45-22-11-8-12-23-45)46-24-17-19-43(36-46)60-38-59(41(5)6)53-29-15-16-30-54(53)60;/h7-35,38-41H,1-6H3;/q-1;. The van der Waals surface area contributed by atoms with Gasteiger partial charge in [-0.15, -0.1) is 22.7 Å². The van der Waals surface area contributed by atoms with Gasteiger partial charge >= 0.3 is 0 Å². The average molecular weight is 1020 g/mol. The van der Waals surface area contributed by atoms with Gasteiger partial charge in [0.1, 0.15) is 13.9 Å². The van der Waals surface area contributed by atoms with E-state index in [-0.39, 0.29) is 21.1 Å². The minimum absolute atomic E-state index is 0. The van der Waals surface area contributed by atoms with Gasteiger partial charge in [0, 0.05) is 50.6 Å². The number of aromatic nitrogens is 4. The third kappa shape index (κ3) is 7.12. The van der Waals surface area contributed by atoms with E-state index in [2.05, 4.69) is 244 Å². The molecule has 0 radical (unpaired) electrons. The van der Waals surface area contributed by atoms with Crippen molar-refractivity contribution in [2.45, 2.75) is 59.4 Å². The molecule has 3 aromatic heterocycles. The summed E-state index contributed by atoms with van der Waals surface area (Å²) in [5.41, 5.74) is 10.7. The van der Waals surface area contributed by atoms with Crippen LogP contribution in [0.2, 0.25) is 0 Å². The third-order valence-electron chi connectivity index (χ3n) is 12.7. The zero-order valence-corrected chi connectivity index (χ0v) is 39.9. The van der Waals surface area contributed by atoms with Crippen molar-refractivity contribution in [3.05, 3.63) is 206 Å². The van der Waals surface area contributed by atoms with Crippen molar-refractivity contribution < 1.29 is 21.1 Å². The normalized spacial score (nSPS) is 12.0. The number of imidazole rings is 1. The smallest absolute Gasteiger partial charge is 0.188 e. The Morgan fingerprint density at radius 1 is 0.540 bits per heavy atom. The van der Waals surface area contributed by atoms with Crippen LogP contribution in [-0.2, 0) is 21.1 Å². The molecule has 6 heteroatoms. The van der Waals surface area contributed by atoms with Gasteiger partial charge in [0.2, 0.25) is 0 Å². The molecule has 63 heavy (non-hydrogen) atoms. The van der Waals surface area contributed by atoms with E-state index in [1.807, 2.05) is 6.20 Å². The first-order chi connectivity index (χ1) is 30.3. The van der Waals surface area contributed by atoms with Gasteiger partial charge in [-0.2, -0.15) is 35.5 Å². The second kappa shape index (κ2) is 17.2. The number of nitrogens with zero attached hydrogens (tertiary/aromatic N) is 4. The molecule has 10 rings (SSSR count). The summed E-state index contributed by atoms with van der Waals surface area (Å²) in [6.07, 6.45) is 4.22. The van der Waals surface area contributed by atoms with Crippen molar-refractivity contribution in [1.29, 1.82) is 0 Å². The maximum absolute atomic E-state index is 5.15. The van der Waals surface area contributed by atoms with Crippen molar-refractivity contribution in [1.82, 2.24) is 18.7 Å². The Hall–Kier alpha value is -6.13. The zero-order valence-electron chi connectivity index (χ0n) is 36.7. The van der Waals surface area contributed by atoms with E-state index in [1.165, 1.54) is 48.7 Å². The van der Waals surface area contributed by atoms with Crippen molar-refractivity contribution >= 4 is 61.7 Å². The summed E-state index contributed by atoms with van der Waals surface area (Å²) in [7, 11) is -3.11. The van der Waals surface area contributed by atoms with E-state index in [9.17, 15) is 0 Å². The molecule has 0 spiro atoms. The topological polar surface area (TPSA) is 27.7 Å². The molecular formula is C57H51N4PtSi-. The first-order valence-electron chi connectivity index (χ1n) is 22.0. The van der Waals surface area contributed by atoms with Crippen LogP contribution in [0.3, 0.4) is 0 Å². The number of pyridine rings is 1. The molecular weight excluding hydrogens is 964 g/mol. The molecule has 0 aliphatic carbocycles. The summed E-state index contributed by atoms with van der Waals surface area (Å²) >= 11 is 0. The van der Waals surface area contributed by atoms with Crippen molar-refractivity contribution in [3.8, 4) is 22.6 Å². The second-order valence-electron chi connectivity index (χ2n) is 17.4. The molecule has 0 fully saturated rings. The van der Waals surface area contributed by atoms with Crippen LogP contribution < -0.4 is 20.7 Å². The Bertz CT molecular complexity index is 3170. The van der Waals surface area contributed by atoms with Crippen LogP contribution in [0.15, 0.2) is 182 Å².